The molecule has 8 aromatic rings. The number of benzene rings is 6. The van der Waals surface area contributed by atoms with Crippen LogP contribution in [0.2, 0.25) is 0 Å². The van der Waals surface area contributed by atoms with Gasteiger partial charge in [0.1, 0.15) is 0 Å². The van der Waals surface area contributed by atoms with Crippen molar-refractivity contribution in [3.05, 3.63) is 163 Å². The first kappa shape index (κ1) is 26.6. The Bertz CT molecular complexity index is 2360. The van der Waals surface area contributed by atoms with Gasteiger partial charge in [-0.15, -0.1) is 0 Å². The van der Waals surface area contributed by atoms with E-state index in [-0.39, 0.29) is 5.41 Å². The quantitative estimate of drug-likeness (QED) is 0.204. The Morgan fingerprint density at radius 1 is 0.522 bits per heavy atom. The number of nitrogens with zero attached hydrogens (tertiary/aromatic N) is 3. The molecule has 0 saturated heterocycles. The van der Waals surface area contributed by atoms with E-state index >= 15 is 0 Å². The smallest absolute Gasteiger partial charge is 0.161 e. The average Bonchev–Trinajstić information content (AvgIpc) is 3.58. The van der Waals surface area contributed by atoms with Gasteiger partial charge in [0, 0.05) is 44.1 Å². The van der Waals surface area contributed by atoms with Gasteiger partial charge in [-0.1, -0.05) is 135 Å². The van der Waals surface area contributed by atoms with E-state index in [2.05, 4.69) is 158 Å². The normalized spacial score (nSPS) is 13.2. The summed E-state index contributed by atoms with van der Waals surface area (Å²) < 4.78 is 2.45. The van der Waals surface area contributed by atoms with Crippen molar-refractivity contribution in [1.29, 1.82) is 0 Å². The number of aromatic nitrogens is 3. The Balaban J connectivity index is 1.47. The Morgan fingerprint density at radius 2 is 1.09 bits per heavy atom. The SMILES string of the molecule is CC1(C)c2ccccc2-c2c1cc(-c1nc(-c3ccccc3)cc(-c3ccccc3)n1)c1c3ccccc3n(-c3ccccc3)c21. The molecule has 1 aliphatic rings. The van der Waals surface area contributed by atoms with Gasteiger partial charge in [-0.05, 0) is 47.0 Å². The molecule has 1 aliphatic carbocycles. The molecule has 0 atom stereocenters. The lowest BCUT2D eigenvalue weighted by molar-refractivity contribution is 0.661. The lowest BCUT2D eigenvalue weighted by atomic mass is 9.81. The van der Waals surface area contributed by atoms with Crippen LogP contribution in [0.25, 0.3) is 72.5 Å². The number of rotatable bonds is 4. The summed E-state index contributed by atoms with van der Waals surface area (Å²) in [7, 11) is 0. The van der Waals surface area contributed by atoms with Crippen LogP contribution in [-0.2, 0) is 5.41 Å². The van der Waals surface area contributed by atoms with Crippen LogP contribution in [0, 0.1) is 0 Å². The molecule has 0 saturated carbocycles. The molecule has 0 amide bonds. The van der Waals surface area contributed by atoms with Crippen LogP contribution in [0.15, 0.2) is 152 Å². The highest BCUT2D eigenvalue weighted by atomic mass is 15.0. The molecule has 0 unspecified atom stereocenters. The molecule has 0 bridgehead atoms. The van der Waals surface area contributed by atoms with Crippen molar-refractivity contribution in [2.75, 3.05) is 0 Å². The third-order valence-corrected chi connectivity index (χ3v) is 9.60. The fourth-order valence-electron chi connectivity index (χ4n) is 7.43. The van der Waals surface area contributed by atoms with E-state index in [9.17, 15) is 0 Å². The molecule has 2 heterocycles. The minimum absolute atomic E-state index is 0.202. The molecule has 3 nitrogen and oxygen atoms in total. The molecule has 3 heteroatoms. The summed E-state index contributed by atoms with van der Waals surface area (Å²) in [6.07, 6.45) is 0. The summed E-state index contributed by atoms with van der Waals surface area (Å²) in [4.78, 5) is 10.7. The monoisotopic (exact) mass is 589 g/mol. The first-order valence-electron chi connectivity index (χ1n) is 15.9. The van der Waals surface area contributed by atoms with Gasteiger partial charge in [0.2, 0.25) is 0 Å². The highest BCUT2D eigenvalue weighted by Crippen LogP contribution is 2.55. The van der Waals surface area contributed by atoms with Crippen LogP contribution in [0.5, 0.6) is 0 Å². The van der Waals surface area contributed by atoms with E-state index in [0.717, 1.165) is 39.6 Å². The molecular weight excluding hydrogens is 558 g/mol. The molecule has 46 heavy (non-hydrogen) atoms. The van der Waals surface area contributed by atoms with Crippen molar-refractivity contribution in [3.8, 4) is 50.7 Å². The molecule has 9 rings (SSSR count). The fraction of sp³-hybridized carbons (Fsp3) is 0.0698. The molecule has 0 spiro atoms. The first-order valence-corrected chi connectivity index (χ1v) is 15.9. The maximum Gasteiger partial charge on any atom is 0.161 e. The van der Waals surface area contributed by atoms with Gasteiger partial charge in [0.15, 0.2) is 5.82 Å². The third kappa shape index (κ3) is 3.92. The maximum absolute atomic E-state index is 5.34. The van der Waals surface area contributed by atoms with Crippen LogP contribution in [0.4, 0.5) is 0 Å². The second-order valence-corrected chi connectivity index (χ2v) is 12.6. The van der Waals surface area contributed by atoms with E-state index in [1.807, 2.05) is 12.1 Å². The molecule has 0 radical (unpaired) electrons. The highest BCUT2D eigenvalue weighted by Gasteiger charge is 2.39. The minimum atomic E-state index is -0.202. The summed E-state index contributed by atoms with van der Waals surface area (Å²) in [5.74, 6) is 0.732. The second kappa shape index (κ2) is 10.1. The van der Waals surface area contributed by atoms with Gasteiger partial charge < -0.3 is 4.57 Å². The van der Waals surface area contributed by atoms with Crippen molar-refractivity contribution in [3.63, 3.8) is 0 Å². The standard InChI is InChI=1S/C43H31N3/c1-43(2)34-24-14-12-22-31(34)40-35(43)26-33(39-32-23-13-15-25-38(32)46(41(39)40)30-20-10-5-11-21-30)42-44-36(28-16-6-3-7-17-28)27-37(45-42)29-18-8-4-9-19-29/h3-27H,1-2H3. The van der Waals surface area contributed by atoms with Crippen LogP contribution in [0.1, 0.15) is 25.0 Å². The lowest BCUT2D eigenvalue weighted by Crippen LogP contribution is -2.15. The van der Waals surface area contributed by atoms with Crippen molar-refractivity contribution in [2.24, 2.45) is 0 Å². The molecular formula is C43H31N3. The van der Waals surface area contributed by atoms with Gasteiger partial charge in [-0.25, -0.2) is 9.97 Å². The number of hydrogen-bond donors (Lipinski definition) is 0. The van der Waals surface area contributed by atoms with Crippen molar-refractivity contribution in [1.82, 2.24) is 14.5 Å². The lowest BCUT2D eigenvalue weighted by Gasteiger charge is -2.22. The summed E-state index contributed by atoms with van der Waals surface area (Å²) in [6, 6.07) is 53.8. The topological polar surface area (TPSA) is 30.7 Å². The van der Waals surface area contributed by atoms with Crippen molar-refractivity contribution in [2.45, 2.75) is 19.3 Å². The van der Waals surface area contributed by atoms with Crippen molar-refractivity contribution >= 4 is 21.8 Å². The van der Waals surface area contributed by atoms with Gasteiger partial charge >= 0.3 is 0 Å². The summed E-state index contributed by atoms with van der Waals surface area (Å²) in [5.41, 5.74) is 13.5. The molecule has 0 aliphatic heterocycles. The zero-order chi connectivity index (χ0) is 30.8. The number of fused-ring (bicyclic) bond motifs is 7. The van der Waals surface area contributed by atoms with Crippen LogP contribution < -0.4 is 0 Å². The largest absolute Gasteiger partial charge is 0.309 e. The summed E-state index contributed by atoms with van der Waals surface area (Å²) >= 11 is 0. The zero-order valence-corrected chi connectivity index (χ0v) is 25.8. The molecule has 218 valence electrons. The van der Waals surface area contributed by atoms with E-state index in [0.29, 0.717) is 0 Å². The van der Waals surface area contributed by atoms with Gasteiger partial charge in [0.25, 0.3) is 0 Å². The maximum atomic E-state index is 5.34. The zero-order valence-electron chi connectivity index (χ0n) is 25.8. The number of hydrogen-bond acceptors (Lipinski definition) is 2. The Hall–Kier alpha value is -5.80. The highest BCUT2D eigenvalue weighted by molar-refractivity contribution is 6.20. The van der Waals surface area contributed by atoms with Crippen LogP contribution >= 0.6 is 0 Å². The molecule has 0 fully saturated rings. The predicted octanol–water partition coefficient (Wildman–Crippen LogP) is 10.9. The molecule has 0 N–H and O–H groups in total. The van der Waals surface area contributed by atoms with E-state index in [4.69, 9.17) is 9.97 Å². The Morgan fingerprint density at radius 3 is 1.76 bits per heavy atom. The fourth-order valence-corrected chi connectivity index (χ4v) is 7.43. The Labute approximate surface area is 268 Å². The molecule has 6 aromatic carbocycles. The van der Waals surface area contributed by atoms with Crippen LogP contribution in [0.3, 0.4) is 0 Å². The third-order valence-electron chi connectivity index (χ3n) is 9.60. The van der Waals surface area contributed by atoms with E-state index in [1.54, 1.807) is 0 Å². The minimum Gasteiger partial charge on any atom is -0.309 e. The summed E-state index contributed by atoms with van der Waals surface area (Å²) in [5, 5.41) is 2.37. The van der Waals surface area contributed by atoms with Crippen molar-refractivity contribution < 1.29 is 0 Å². The average molecular weight is 590 g/mol. The van der Waals surface area contributed by atoms with Gasteiger partial charge in [-0.2, -0.15) is 0 Å². The molecule has 2 aromatic heterocycles. The summed E-state index contributed by atoms with van der Waals surface area (Å²) in [6.45, 7) is 4.69. The second-order valence-electron chi connectivity index (χ2n) is 12.6. The number of para-hydroxylation sites is 2. The van der Waals surface area contributed by atoms with E-state index in [1.165, 1.54) is 44.1 Å². The van der Waals surface area contributed by atoms with E-state index < -0.39 is 0 Å². The predicted molar refractivity (Wildman–Crippen MR) is 190 cm³/mol. The Kier molecular flexibility index (Phi) is 5.85. The van der Waals surface area contributed by atoms with Gasteiger partial charge in [-0.3, -0.25) is 0 Å². The first-order chi connectivity index (χ1) is 22.6. The van der Waals surface area contributed by atoms with Crippen LogP contribution in [-0.4, -0.2) is 14.5 Å². The van der Waals surface area contributed by atoms with Gasteiger partial charge in [0.05, 0.1) is 22.4 Å².